The van der Waals surface area contributed by atoms with Crippen LogP contribution in [0.3, 0.4) is 0 Å². The van der Waals surface area contributed by atoms with E-state index in [1.807, 2.05) is 12.1 Å². The van der Waals surface area contributed by atoms with Gasteiger partial charge >= 0.3 is 0 Å². The van der Waals surface area contributed by atoms with E-state index in [1.165, 1.54) is 0 Å². The molecule has 4 nitrogen and oxygen atoms in total. The van der Waals surface area contributed by atoms with E-state index in [2.05, 4.69) is 31.0 Å². The molecule has 0 saturated carbocycles. The molecule has 0 saturated heterocycles. The molecule has 0 aromatic heterocycles. The smallest absolute Gasteiger partial charge is 0.233 e. The number of nitrogens with one attached hydrogen (secondary N) is 1. The molecule has 1 aromatic rings. The molecule has 1 heterocycles. The van der Waals surface area contributed by atoms with Gasteiger partial charge in [-0.15, -0.1) is 0 Å². The summed E-state index contributed by atoms with van der Waals surface area (Å²) < 4.78 is 0. The number of rotatable bonds is 0. The van der Waals surface area contributed by atoms with Crippen molar-refractivity contribution in [3.8, 4) is 0 Å². The maximum Gasteiger partial charge on any atom is 0.233 e. The maximum absolute atomic E-state index is 12.3. The van der Waals surface area contributed by atoms with Crippen LogP contribution >= 0.6 is 0 Å². The lowest BCUT2D eigenvalue weighted by molar-refractivity contribution is -0.112. The molecular weight excluding hydrogens is 252 g/mol. The average molecular weight is 270 g/mol. The van der Waals surface area contributed by atoms with Crippen molar-refractivity contribution in [2.24, 2.45) is 0 Å². The average Bonchev–Trinajstić information content (AvgIpc) is 2.43. The van der Waals surface area contributed by atoms with Crippen molar-refractivity contribution in [1.29, 1.82) is 0 Å². The predicted octanol–water partition coefficient (Wildman–Crippen LogP) is 1.82. The van der Waals surface area contributed by atoms with Gasteiger partial charge in [0.05, 0.1) is 12.4 Å². The Bertz CT molecular complexity index is 638. The fourth-order valence-electron chi connectivity index (χ4n) is 2.68. The van der Waals surface area contributed by atoms with Crippen LogP contribution < -0.4 is 5.32 Å². The van der Waals surface area contributed by atoms with Crippen molar-refractivity contribution in [3.63, 3.8) is 0 Å². The number of nitrogens with zero attached hydrogens (tertiary/aromatic N) is 1. The van der Waals surface area contributed by atoms with Gasteiger partial charge < -0.3 is 5.32 Å². The quantitative estimate of drug-likeness (QED) is 0.731. The minimum absolute atomic E-state index is 0.0498. The van der Waals surface area contributed by atoms with Crippen LogP contribution in [0.15, 0.2) is 29.8 Å². The summed E-state index contributed by atoms with van der Waals surface area (Å²) >= 11 is 0. The van der Waals surface area contributed by atoms with E-state index < -0.39 is 5.78 Å². The molecule has 1 N–H and O–H groups in total. The molecule has 0 bridgehead atoms. The highest BCUT2D eigenvalue weighted by Gasteiger charge is 2.37. The number of hydrogen-bond acceptors (Lipinski definition) is 4. The Morgan fingerprint density at radius 1 is 1.05 bits per heavy atom. The topological polar surface area (TPSA) is 49.4 Å². The molecule has 1 aliphatic heterocycles. The second-order valence-electron chi connectivity index (χ2n) is 6.26. The summed E-state index contributed by atoms with van der Waals surface area (Å²) in [5.74, 6) is -0.767. The molecule has 104 valence electrons. The van der Waals surface area contributed by atoms with E-state index in [0.717, 1.165) is 11.3 Å². The summed E-state index contributed by atoms with van der Waals surface area (Å²) in [7, 11) is 0. The van der Waals surface area contributed by atoms with Crippen LogP contribution in [0, 0.1) is 0 Å². The van der Waals surface area contributed by atoms with Crippen LogP contribution in [0.2, 0.25) is 0 Å². The van der Waals surface area contributed by atoms with Gasteiger partial charge in [-0.25, -0.2) is 0 Å². The Morgan fingerprint density at radius 3 is 2.35 bits per heavy atom. The third-order valence-corrected chi connectivity index (χ3v) is 3.97. The normalized spacial score (nSPS) is 19.6. The second kappa shape index (κ2) is 4.28. The molecule has 0 fully saturated rings. The van der Waals surface area contributed by atoms with E-state index in [1.54, 1.807) is 12.1 Å². The fourth-order valence-corrected chi connectivity index (χ4v) is 2.68. The summed E-state index contributed by atoms with van der Waals surface area (Å²) in [5, 5.41) is 3.32. The van der Waals surface area contributed by atoms with Crippen LogP contribution in [0.1, 0.15) is 36.7 Å². The zero-order valence-corrected chi connectivity index (χ0v) is 12.0. The molecule has 20 heavy (non-hydrogen) atoms. The van der Waals surface area contributed by atoms with Crippen LogP contribution in [-0.2, 0) is 4.79 Å². The number of carbonyl (C=O) groups excluding carboxylic acids is 2. The summed E-state index contributed by atoms with van der Waals surface area (Å²) in [6, 6.07) is 7.30. The first-order chi connectivity index (χ1) is 9.39. The molecular formula is C16H18N2O2. The van der Waals surface area contributed by atoms with Gasteiger partial charge in [-0.2, -0.15) is 0 Å². The van der Waals surface area contributed by atoms with Gasteiger partial charge in [-0.3, -0.25) is 14.5 Å². The summed E-state index contributed by atoms with van der Waals surface area (Å²) in [4.78, 5) is 26.7. The van der Waals surface area contributed by atoms with E-state index in [9.17, 15) is 9.59 Å². The van der Waals surface area contributed by atoms with Gasteiger partial charge in [0.2, 0.25) is 11.6 Å². The SMILES string of the molecule is CC(C)(C)N1CNC2=C(C1)C(=O)C(=O)c1ccccc12. The van der Waals surface area contributed by atoms with E-state index in [-0.39, 0.29) is 11.3 Å². The Balaban J connectivity index is 2.10. The Morgan fingerprint density at radius 2 is 1.70 bits per heavy atom. The van der Waals surface area contributed by atoms with Crippen LogP contribution in [0.25, 0.3) is 5.70 Å². The maximum atomic E-state index is 12.3. The summed E-state index contributed by atoms with van der Waals surface area (Å²) in [6.45, 7) is 7.50. The molecule has 0 radical (unpaired) electrons. The van der Waals surface area contributed by atoms with Crippen molar-refractivity contribution in [2.45, 2.75) is 26.3 Å². The van der Waals surface area contributed by atoms with Gasteiger partial charge in [0.25, 0.3) is 0 Å². The first-order valence-electron chi connectivity index (χ1n) is 6.80. The van der Waals surface area contributed by atoms with Crippen molar-refractivity contribution >= 4 is 17.3 Å². The lowest BCUT2D eigenvalue weighted by Gasteiger charge is -2.41. The number of fused-ring (bicyclic) bond motifs is 2. The third-order valence-electron chi connectivity index (χ3n) is 3.97. The van der Waals surface area contributed by atoms with Gasteiger partial charge in [0.15, 0.2) is 0 Å². The Kier molecular flexibility index (Phi) is 2.80. The number of carbonyl (C=O) groups is 2. The van der Waals surface area contributed by atoms with Crippen LogP contribution in [0.4, 0.5) is 0 Å². The lowest BCUT2D eigenvalue weighted by Crippen LogP contribution is -2.52. The van der Waals surface area contributed by atoms with E-state index in [0.29, 0.717) is 24.4 Å². The van der Waals surface area contributed by atoms with Crippen molar-refractivity contribution in [1.82, 2.24) is 10.2 Å². The molecule has 0 amide bonds. The minimum atomic E-state index is -0.392. The lowest BCUT2D eigenvalue weighted by atomic mass is 9.85. The van der Waals surface area contributed by atoms with Gasteiger partial charge in [0, 0.05) is 28.8 Å². The number of hydrogen-bond donors (Lipinski definition) is 1. The monoisotopic (exact) mass is 270 g/mol. The Labute approximate surface area is 118 Å². The molecule has 0 spiro atoms. The molecule has 2 aliphatic rings. The van der Waals surface area contributed by atoms with Gasteiger partial charge in [0.1, 0.15) is 0 Å². The molecule has 1 aromatic carbocycles. The van der Waals surface area contributed by atoms with Crippen molar-refractivity contribution in [2.75, 3.05) is 13.2 Å². The second-order valence-corrected chi connectivity index (χ2v) is 6.26. The highest BCUT2D eigenvalue weighted by molar-refractivity contribution is 6.52. The third kappa shape index (κ3) is 1.88. The molecule has 3 rings (SSSR count). The molecule has 4 heteroatoms. The standard InChI is InChI=1S/C16H18N2O2/c1-16(2,3)18-8-12-13(17-9-18)10-6-4-5-7-11(10)14(19)15(12)20/h4-7,17H,8-9H2,1-3H3. The highest BCUT2D eigenvalue weighted by Crippen LogP contribution is 2.31. The zero-order valence-electron chi connectivity index (χ0n) is 12.0. The van der Waals surface area contributed by atoms with Crippen molar-refractivity contribution in [3.05, 3.63) is 41.0 Å². The number of ketones is 2. The van der Waals surface area contributed by atoms with Crippen LogP contribution in [0.5, 0.6) is 0 Å². The van der Waals surface area contributed by atoms with E-state index >= 15 is 0 Å². The fraction of sp³-hybridized carbons (Fsp3) is 0.375. The predicted molar refractivity (Wildman–Crippen MR) is 77.2 cm³/mol. The molecule has 0 unspecified atom stereocenters. The van der Waals surface area contributed by atoms with Gasteiger partial charge in [-0.1, -0.05) is 24.3 Å². The summed E-state index contributed by atoms with van der Waals surface area (Å²) in [5.41, 5.74) is 2.72. The largest absolute Gasteiger partial charge is 0.371 e. The highest BCUT2D eigenvalue weighted by atomic mass is 16.2. The summed E-state index contributed by atoms with van der Waals surface area (Å²) in [6.07, 6.45) is 0. The zero-order chi connectivity index (χ0) is 14.5. The minimum Gasteiger partial charge on any atom is -0.371 e. The first-order valence-corrected chi connectivity index (χ1v) is 6.80. The molecule has 0 atom stereocenters. The van der Waals surface area contributed by atoms with E-state index in [4.69, 9.17) is 0 Å². The van der Waals surface area contributed by atoms with Crippen LogP contribution in [-0.4, -0.2) is 35.2 Å². The van der Waals surface area contributed by atoms with Crippen molar-refractivity contribution < 1.29 is 9.59 Å². The van der Waals surface area contributed by atoms with Gasteiger partial charge in [-0.05, 0) is 20.8 Å². The number of Topliss-reactive ketones (excluding diaryl/α,β-unsaturated/α-hetero) is 2. The number of benzene rings is 1. The Hall–Kier alpha value is -1.94. The first kappa shape index (κ1) is 13.1. The molecule has 1 aliphatic carbocycles.